The minimum absolute atomic E-state index is 0.589. The third kappa shape index (κ3) is 1.35. The molecule has 0 atom stereocenters. The third-order valence-electron chi connectivity index (χ3n) is 3.53. The fourth-order valence-electron chi connectivity index (χ4n) is 2.51. The summed E-state index contributed by atoms with van der Waals surface area (Å²) in [5.74, 6) is 0.589. The zero-order chi connectivity index (χ0) is 12.9. The Bertz CT molecular complexity index is 734. The number of nitrogen functional groups attached to an aromatic ring is 1. The molecule has 2 N–H and O–H groups in total. The molecule has 0 saturated carbocycles. The van der Waals surface area contributed by atoms with E-state index in [9.17, 15) is 0 Å². The molecule has 3 aromatic rings. The van der Waals surface area contributed by atoms with Gasteiger partial charge in [-0.15, -0.1) is 0 Å². The number of hydrogen-bond donors (Lipinski definition) is 1. The number of hydrogen-bond acceptors (Lipinski definition) is 2. The van der Waals surface area contributed by atoms with Crippen molar-refractivity contribution in [3.63, 3.8) is 0 Å². The van der Waals surface area contributed by atoms with Crippen LogP contribution in [0.4, 0.5) is 5.82 Å². The highest BCUT2D eigenvalue weighted by Crippen LogP contribution is 2.35. The molecule has 0 aliphatic heterocycles. The third-order valence-corrected chi connectivity index (χ3v) is 3.53. The van der Waals surface area contributed by atoms with Crippen LogP contribution in [0, 0.1) is 6.92 Å². The number of benzene rings is 1. The first-order valence-electron chi connectivity index (χ1n) is 5.93. The molecule has 0 fully saturated rings. The Kier molecular flexibility index (Phi) is 2.20. The second-order valence-electron chi connectivity index (χ2n) is 4.64. The van der Waals surface area contributed by atoms with Crippen molar-refractivity contribution >= 4 is 16.7 Å². The predicted octanol–water partition coefficient (Wildman–Crippen LogP) is 2.47. The van der Waals surface area contributed by atoms with Gasteiger partial charge in [0, 0.05) is 48.0 Å². The van der Waals surface area contributed by atoms with E-state index in [-0.39, 0.29) is 0 Å². The SMILES string of the molecule is Cc1c(-c2cn(C)c3ccccc23)c(N)nn1C. The number of anilines is 1. The molecule has 4 heteroatoms. The molecule has 0 unspecified atom stereocenters. The Morgan fingerprint density at radius 2 is 1.89 bits per heavy atom. The van der Waals surface area contributed by atoms with E-state index in [0.29, 0.717) is 5.82 Å². The second kappa shape index (κ2) is 3.63. The van der Waals surface area contributed by atoms with Gasteiger partial charge in [0.25, 0.3) is 0 Å². The van der Waals surface area contributed by atoms with Gasteiger partial charge >= 0.3 is 0 Å². The van der Waals surface area contributed by atoms with E-state index in [1.807, 2.05) is 37.8 Å². The van der Waals surface area contributed by atoms with Gasteiger partial charge in [0.05, 0.1) is 0 Å². The quantitative estimate of drug-likeness (QED) is 0.710. The lowest BCUT2D eigenvalue weighted by molar-refractivity contribution is 0.744. The fraction of sp³-hybridized carbons (Fsp3) is 0.214. The van der Waals surface area contributed by atoms with Crippen LogP contribution in [0.15, 0.2) is 30.5 Å². The maximum Gasteiger partial charge on any atom is 0.153 e. The van der Waals surface area contributed by atoms with Crippen LogP contribution in [0.5, 0.6) is 0 Å². The van der Waals surface area contributed by atoms with E-state index < -0.39 is 0 Å². The summed E-state index contributed by atoms with van der Waals surface area (Å²) in [4.78, 5) is 0. The largest absolute Gasteiger partial charge is 0.382 e. The van der Waals surface area contributed by atoms with Gasteiger partial charge in [-0.05, 0) is 13.0 Å². The zero-order valence-electron chi connectivity index (χ0n) is 10.8. The number of rotatable bonds is 1. The summed E-state index contributed by atoms with van der Waals surface area (Å²) in [6.07, 6.45) is 2.12. The zero-order valence-corrected chi connectivity index (χ0v) is 10.8. The average molecular weight is 240 g/mol. The summed E-state index contributed by atoms with van der Waals surface area (Å²) in [5, 5.41) is 5.50. The first kappa shape index (κ1) is 10.9. The lowest BCUT2D eigenvalue weighted by Gasteiger charge is -1.99. The minimum Gasteiger partial charge on any atom is -0.382 e. The highest BCUT2D eigenvalue weighted by Gasteiger charge is 2.16. The molecule has 2 heterocycles. The molecule has 4 nitrogen and oxygen atoms in total. The maximum absolute atomic E-state index is 6.03. The summed E-state index contributed by atoms with van der Waals surface area (Å²) < 4.78 is 3.95. The Morgan fingerprint density at radius 3 is 2.56 bits per heavy atom. The van der Waals surface area contributed by atoms with Gasteiger partial charge in [-0.1, -0.05) is 18.2 Å². The van der Waals surface area contributed by atoms with E-state index in [2.05, 4.69) is 28.0 Å². The normalized spacial score (nSPS) is 11.3. The molecule has 1 aromatic carbocycles. The number of aryl methyl sites for hydroxylation is 2. The van der Waals surface area contributed by atoms with E-state index >= 15 is 0 Å². The van der Waals surface area contributed by atoms with Crippen molar-refractivity contribution in [1.82, 2.24) is 14.3 Å². The number of para-hydroxylation sites is 1. The number of fused-ring (bicyclic) bond motifs is 1. The van der Waals surface area contributed by atoms with Crippen LogP contribution in [-0.2, 0) is 14.1 Å². The van der Waals surface area contributed by atoms with Crippen LogP contribution < -0.4 is 5.73 Å². The van der Waals surface area contributed by atoms with Crippen molar-refractivity contribution < 1.29 is 0 Å². The topological polar surface area (TPSA) is 48.8 Å². The minimum atomic E-state index is 0.589. The lowest BCUT2D eigenvalue weighted by atomic mass is 10.1. The monoisotopic (exact) mass is 240 g/mol. The molecule has 0 spiro atoms. The van der Waals surface area contributed by atoms with E-state index in [1.165, 1.54) is 10.9 Å². The molecular weight excluding hydrogens is 224 g/mol. The van der Waals surface area contributed by atoms with Crippen LogP contribution in [-0.4, -0.2) is 14.3 Å². The summed E-state index contributed by atoms with van der Waals surface area (Å²) >= 11 is 0. The van der Waals surface area contributed by atoms with Crippen molar-refractivity contribution in [2.45, 2.75) is 6.92 Å². The number of nitrogens with zero attached hydrogens (tertiary/aromatic N) is 3. The molecule has 0 aliphatic carbocycles. The van der Waals surface area contributed by atoms with Gasteiger partial charge in [-0.25, -0.2) is 0 Å². The average Bonchev–Trinajstić information content (AvgIpc) is 2.79. The molecular formula is C14H16N4. The van der Waals surface area contributed by atoms with Gasteiger partial charge < -0.3 is 10.3 Å². The van der Waals surface area contributed by atoms with Crippen LogP contribution in [0.25, 0.3) is 22.0 Å². The summed E-state index contributed by atoms with van der Waals surface area (Å²) in [5.41, 5.74) is 10.5. The molecule has 0 bridgehead atoms. The standard InChI is InChI=1S/C14H16N4/c1-9-13(14(15)16-18(9)3)11-8-17(2)12-7-5-4-6-10(11)12/h4-8H,1-3H3,(H2,15,16). The van der Waals surface area contributed by atoms with Gasteiger partial charge in [-0.3, -0.25) is 4.68 Å². The van der Waals surface area contributed by atoms with Crippen molar-refractivity contribution in [3.05, 3.63) is 36.2 Å². The fourth-order valence-corrected chi connectivity index (χ4v) is 2.51. The molecule has 0 aliphatic rings. The summed E-state index contributed by atoms with van der Waals surface area (Å²) in [7, 11) is 3.97. The number of aromatic nitrogens is 3. The molecule has 3 rings (SSSR count). The summed E-state index contributed by atoms with van der Waals surface area (Å²) in [6, 6.07) is 8.33. The van der Waals surface area contributed by atoms with Gasteiger partial charge in [-0.2, -0.15) is 5.10 Å². The van der Waals surface area contributed by atoms with E-state index in [4.69, 9.17) is 5.73 Å². The van der Waals surface area contributed by atoms with Crippen molar-refractivity contribution in [2.75, 3.05) is 5.73 Å². The van der Waals surface area contributed by atoms with Gasteiger partial charge in [0.1, 0.15) is 0 Å². The Morgan fingerprint density at radius 1 is 1.17 bits per heavy atom. The second-order valence-corrected chi connectivity index (χ2v) is 4.64. The van der Waals surface area contributed by atoms with Crippen molar-refractivity contribution in [2.24, 2.45) is 14.1 Å². The first-order valence-corrected chi connectivity index (χ1v) is 5.93. The van der Waals surface area contributed by atoms with E-state index in [1.54, 1.807) is 0 Å². The molecule has 0 amide bonds. The van der Waals surface area contributed by atoms with E-state index in [0.717, 1.165) is 16.8 Å². The molecule has 92 valence electrons. The smallest absolute Gasteiger partial charge is 0.153 e. The molecule has 18 heavy (non-hydrogen) atoms. The van der Waals surface area contributed by atoms with Crippen molar-refractivity contribution in [3.8, 4) is 11.1 Å². The molecule has 0 radical (unpaired) electrons. The lowest BCUT2D eigenvalue weighted by Crippen LogP contribution is -1.93. The first-order chi connectivity index (χ1) is 8.59. The summed E-state index contributed by atoms with van der Waals surface area (Å²) in [6.45, 7) is 2.04. The molecule has 2 aromatic heterocycles. The highest BCUT2D eigenvalue weighted by atomic mass is 15.3. The molecule has 0 saturated heterocycles. The van der Waals surface area contributed by atoms with Gasteiger partial charge in [0.2, 0.25) is 0 Å². The number of nitrogens with two attached hydrogens (primary N) is 1. The Balaban J connectivity index is 2.39. The van der Waals surface area contributed by atoms with Crippen LogP contribution in [0.2, 0.25) is 0 Å². The van der Waals surface area contributed by atoms with Crippen LogP contribution in [0.1, 0.15) is 5.69 Å². The highest BCUT2D eigenvalue weighted by molar-refractivity contribution is 5.99. The van der Waals surface area contributed by atoms with Gasteiger partial charge in [0.15, 0.2) is 5.82 Å². The van der Waals surface area contributed by atoms with Crippen molar-refractivity contribution in [1.29, 1.82) is 0 Å². The Labute approximate surface area is 106 Å². The maximum atomic E-state index is 6.03. The Hall–Kier alpha value is -2.23. The predicted molar refractivity (Wildman–Crippen MR) is 74.3 cm³/mol. The van der Waals surface area contributed by atoms with Crippen LogP contribution >= 0.6 is 0 Å². The van der Waals surface area contributed by atoms with Crippen LogP contribution in [0.3, 0.4) is 0 Å².